The van der Waals surface area contributed by atoms with Gasteiger partial charge in [-0.3, -0.25) is 9.59 Å². The lowest BCUT2D eigenvalue weighted by molar-refractivity contribution is -0.115. The Bertz CT molecular complexity index is 955. The number of ketones is 1. The molecular weight excluding hydrogens is 376 g/mol. The van der Waals surface area contributed by atoms with Crippen LogP contribution in [0.5, 0.6) is 0 Å². The molecule has 0 aliphatic heterocycles. The van der Waals surface area contributed by atoms with E-state index < -0.39 is 0 Å². The van der Waals surface area contributed by atoms with Gasteiger partial charge in [-0.1, -0.05) is 35.5 Å². The van der Waals surface area contributed by atoms with Gasteiger partial charge in [-0.25, -0.2) is 4.98 Å². The summed E-state index contributed by atoms with van der Waals surface area (Å²) >= 11 is 8.91. The summed E-state index contributed by atoms with van der Waals surface area (Å²) in [5, 5.41) is 3.17. The second-order valence-electron chi connectivity index (χ2n) is 5.48. The number of rotatable bonds is 5. The molecular formula is C18H15ClN2O2S2. The number of anilines is 1. The molecule has 1 heterocycles. The fourth-order valence-electron chi connectivity index (χ4n) is 2.19. The minimum Gasteiger partial charge on any atom is -0.325 e. The largest absolute Gasteiger partial charge is 0.325 e. The molecule has 0 fully saturated rings. The summed E-state index contributed by atoms with van der Waals surface area (Å²) in [6, 6.07) is 12.5. The normalized spacial score (nSPS) is 12.1. The minimum atomic E-state index is -0.322. The molecule has 128 valence electrons. The van der Waals surface area contributed by atoms with Gasteiger partial charge in [0.15, 0.2) is 10.1 Å². The second kappa shape index (κ2) is 7.56. The van der Waals surface area contributed by atoms with E-state index in [1.807, 2.05) is 25.1 Å². The first-order chi connectivity index (χ1) is 11.9. The van der Waals surface area contributed by atoms with Crippen molar-refractivity contribution in [2.24, 2.45) is 0 Å². The number of nitrogens with one attached hydrogen (secondary N) is 1. The second-order valence-corrected chi connectivity index (χ2v) is 8.53. The third kappa shape index (κ3) is 4.39. The van der Waals surface area contributed by atoms with Crippen LogP contribution in [0.25, 0.3) is 10.2 Å². The zero-order chi connectivity index (χ0) is 18.0. The Morgan fingerprint density at radius 2 is 2.04 bits per heavy atom. The number of hydrogen-bond acceptors (Lipinski definition) is 5. The molecule has 2 aromatic carbocycles. The van der Waals surface area contributed by atoms with Gasteiger partial charge in [-0.05, 0) is 44.2 Å². The predicted octanol–water partition coefficient (Wildman–Crippen LogP) is 5.27. The molecule has 4 nitrogen and oxygen atoms in total. The lowest BCUT2D eigenvalue weighted by Gasteiger charge is -2.11. The molecule has 3 rings (SSSR count). The maximum Gasteiger partial charge on any atom is 0.237 e. The van der Waals surface area contributed by atoms with Gasteiger partial charge in [-0.15, -0.1) is 11.3 Å². The van der Waals surface area contributed by atoms with Gasteiger partial charge in [0.25, 0.3) is 0 Å². The fraction of sp³-hybridized carbons (Fsp3) is 0.167. The van der Waals surface area contributed by atoms with Crippen molar-refractivity contribution < 1.29 is 9.59 Å². The molecule has 1 atom stereocenters. The Balaban J connectivity index is 1.69. The van der Waals surface area contributed by atoms with Gasteiger partial charge >= 0.3 is 0 Å². The molecule has 3 aromatic rings. The number of amides is 1. The van der Waals surface area contributed by atoms with Crippen LogP contribution in [-0.2, 0) is 4.79 Å². The van der Waals surface area contributed by atoms with Crippen LogP contribution in [0.3, 0.4) is 0 Å². The Morgan fingerprint density at radius 1 is 1.24 bits per heavy atom. The van der Waals surface area contributed by atoms with Crippen LogP contribution in [0.2, 0.25) is 5.02 Å². The Morgan fingerprint density at radius 3 is 2.80 bits per heavy atom. The quantitative estimate of drug-likeness (QED) is 0.476. The number of fused-ring (bicyclic) bond motifs is 1. The smallest absolute Gasteiger partial charge is 0.237 e. The van der Waals surface area contributed by atoms with Crippen molar-refractivity contribution in [3.8, 4) is 0 Å². The van der Waals surface area contributed by atoms with Crippen molar-refractivity contribution in [1.82, 2.24) is 4.98 Å². The number of nitrogens with zero attached hydrogens (tertiary/aromatic N) is 1. The average molecular weight is 391 g/mol. The highest BCUT2D eigenvalue weighted by molar-refractivity contribution is 8.02. The zero-order valence-electron chi connectivity index (χ0n) is 13.6. The molecule has 1 N–H and O–H groups in total. The highest BCUT2D eigenvalue weighted by atomic mass is 35.5. The van der Waals surface area contributed by atoms with Crippen LogP contribution in [-0.4, -0.2) is 21.9 Å². The van der Waals surface area contributed by atoms with Crippen molar-refractivity contribution in [1.29, 1.82) is 0 Å². The van der Waals surface area contributed by atoms with Gasteiger partial charge in [0.2, 0.25) is 5.91 Å². The zero-order valence-corrected chi connectivity index (χ0v) is 16.0. The van der Waals surface area contributed by atoms with E-state index in [2.05, 4.69) is 10.3 Å². The number of thioether (sulfide) groups is 1. The monoisotopic (exact) mass is 390 g/mol. The molecule has 1 amide bonds. The topological polar surface area (TPSA) is 59.1 Å². The minimum absolute atomic E-state index is 0.0355. The molecule has 7 heteroatoms. The van der Waals surface area contributed by atoms with Crippen molar-refractivity contribution in [2.75, 3.05) is 5.32 Å². The molecule has 0 saturated carbocycles. The summed E-state index contributed by atoms with van der Waals surface area (Å²) < 4.78 is 1.85. The number of aromatic nitrogens is 1. The number of thiazole rings is 1. The summed E-state index contributed by atoms with van der Waals surface area (Å²) in [6.07, 6.45) is 0. The molecule has 0 bridgehead atoms. The van der Waals surface area contributed by atoms with Gasteiger partial charge in [0.1, 0.15) is 0 Å². The first-order valence-electron chi connectivity index (χ1n) is 7.57. The van der Waals surface area contributed by atoms with Crippen LogP contribution >= 0.6 is 34.7 Å². The van der Waals surface area contributed by atoms with E-state index >= 15 is 0 Å². The van der Waals surface area contributed by atoms with E-state index in [-0.39, 0.29) is 16.9 Å². The molecule has 0 aliphatic carbocycles. The summed E-state index contributed by atoms with van der Waals surface area (Å²) in [4.78, 5) is 28.4. The maximum atomic E-state index is 12.4. The van der Waals surface area contributed by atoms with E-state index in [0.717, 1.165) is 14.6 Å². The van der Waals surface area contributed by atoms with Gasteiger partial charge in [0, 0.05) is 16.3 Å². The highest BCUT2D eigenvalue weighted by Gasteiger charge is 2.17. The fourth-order valence-corrected chi connectivity index (χ4v) is 4.55. The predicted molar refractivity (Wildman–Crippen MR) is 105 cm³/mol. The van der Waals surface area contributed by atoms with Crippen molar-refractivity contribution in [2.45, 2.75) is 23.4 Å². The van der Waals surface area contributed by atoms with Crippen LogP contribution < -0.4 is 5.32 Å². The average Bonchev–Trinajstić information content (AvgIpc) is 2.96. The van der Waals surface area contributed by atoms with Crippen molar-refractivity contribution in [3.63, 3.8) is 0 Å². The highest BCUT2D eigenvalue weighted by Crippen LogP contribution is 2.33. The first-order valence-corrected chi connectivity index (χ1v) is 9.64. The third-order valence-corrected chi connectivity index (χ3v) is 5.98. The molecule has 0 spiro atoms. The van der Waals surface area contributed by atoms with Gasteiger partial charge in [0.05, 0.1) is 15.5 Å². The molecule has 25 heavy (non-hydrogen) atoms. The van der Waals surface area contributed by atoms with Crippen molar-refractivity contribution in [3.05, 3.63) is 53.1 Å². The van der Waals surface area contributed by atoms with Crippen LogP contribution in [0.15, 0.2) is 46.8 Å². The summed E-state index contributed by atoms with van der Waals surface area (Å²) in [5.74, 6) is -0.172. The number of benzene rings is 2. The van der Waals surface area contributed by atoms with Crippen LogP contribution in [0, 0.1) is 0 Å². The number of Topliss-reactive ketones (excluding diaryl/α,β-unsaturated/α-hetero) is 1. The molecule has 1 aromatic heterocycles. The van der Waals surface area contributed by atoms with Crippen LogP contribution in [0.4, 0.5) is 5.69 Å². The SMILES string of the molecule is CC(=O)c1cccc(NC(=O)C(C)Sc2nc3cc(Cl)ccc3s2)c1. The van der Waals surface area contributed by atoms with Gasteiger partial charge in [-0.2, -0.15) is 0 Å². The number of hydrogen-bond donors (Lipinski definition) is 1. The molecule has 0 aliphatic rings. The maximum absolute atomic E-state index is 12.4. The number of halogens is 1. The van der Waals surface area contributed by atoms with E-state index in [1.165, 1.54) is 30.0 Å². The number of carbonyl (C=O) groups is 2. The van der Waals surface area contributed by atoms with Gasteiger partial charge < -0.3 is 5.32 Å². The van der Waals surface area contributed by atoms with Crippen molar-refractivity contribution >= 4 is 62.3 Å². The lowest BCUT2D eigenvalue weighted by Crippen LogP contribution is -2.22. The van der Waals surface area contributed by atoms with Crippen LogP contribution in [0.1, 0.15) is 24.2 Å². The third-order valence-electron chi connectivity index (χ3n) is 3.51. The summed E-state index contributed by atoms with van der Waals surface area (Å²) in [7, 11) is 0. The molecule has 0 saturated heterocycles. The summed E-state index contributed by atoms with van der Waals surface area (Å²) in [6.45, 7) is 3.33. The Labute approximate surface area is 158 Å². The van der Waals surface area contributed by atoms with E-state index in [0.29, 0.717) is 16.3 Å². The molecule has 1 unspecified atom stereocenters. The standard InChI is InChI=1S/C18H15ClN2O2S2/c1-10(22)12-4-3-5-14(8-12)20-17(23)11(2)24-18-21-15-9-13(19)6-7-16(15)25-18/h3-9,11H,1-2H3,(H,20,23). The molecule has 0 radical (unpaired) electrons. The Kier molecular flexibility index (Phi) is 5.42. The van der Waals surface area contributed by atoms with E-state index in [1.54, 1.807) is 24.3 Å². The first kappa shape index (κ1) is 17.9. The summed E-state index contributed by atoms with van der Waals surface area (Å²) in [5.41, 5.74) is 2.02. The lowest BCUT2D eigenvalue weighted by atomic mass is 10.1. The Hall–Kier alpha value is -1.89. The van der Waals surface area contributed by atoms with E-state index in [9.17, 15) is 9.59 Å². The number of carbonyl (C=O) groups excluding carboxylic acids is 2. The van der Waals surface area contributed by atoms with E-state index in [4.69, 9.17) is 11.6 Å².